The molecule has 1 aromatic rings. The lowest BCUT2D eigenvalue weighted by molar-refractivity contribution is 0.0690. The molecule has 0 atom stereocenters. The van der Waals surface area contributed by atoms with E-state index in [2.05, 4.69) is 9.82 Å². The van der Waals surface area contributed by atoms with Crippen molar-refractivity contribution >= 4 is 21.9 Å². The number of aromatic carboxylic acids is 1. The second kappa shape index (κ2) is 6.02. The average Bonchev–Trinajstić information content (AvgIpc) is 2.65. The largest absolute Gasteiger partial charge is 0.476 e. The van der Waals surface area contributed by atoms with Crippen molar-refractivity contribution in [2.45, 2.75) is 32.6 Å². The zero-order chi connectivity index (χ0) is 15.6. The van der Waals surface area contributed by atoms with Crippen molar-refractivity contribution in [1.82, 2.24) is 14.1 Å². The Bertz CT molecular complexity index is 630. The lowest BCUT2D eigenvalue weighted by Gasteiger charge is -2.20. The molecule has 2 heterocycles. The number of aryl methyl sites for hydroxylation is 1. The maximum atomic E-state index is 12.4. The van der Waals surface area contributed by atoms with Crippen molar-refractivity contribution in [2.75, 3.05) is 17.8 Å². The highest BCUT2D eigenvalue weighted by molar-refractivity contribution is 7.90. The summed E-state index contributed by atoms with van der Waals surface area (Å²) in [6, 6.07) is 0. The van der Waals surface area contributed by atoms with E-state index in [0.29, 0.717) is 18.8 Å². The van der Waals surface area contributed by atoms with Crippen molar-refractivity contribution in [3.63, 3.8) is 0 Å². The Kier molecular flexibility index (Phi) is 4.52. The molecule has 0 unspecified atom stereocenters. The monoisotopic (exact) mass is 316 g/mol. The first-order chi connectivity index (χ1) is 9.83. The second-order valence-electron chi connectivity index (χ2n) is 5.16. The number of hydrogen-bond donors (Lipinski definition) is 2. The number of carboxylic acid groups (broad SMARTS) is 1. The SMILES string of the molecule is Cc1c(NS(=O)(=O)N2CCCCCC2)c(C(=O)O)nn1C. The van der Waals surface area contributed by atoms with Crippen molar-refractivity contribution in [3.05, 3.63) is 11.4 Å². The fourth-order valence-corrected chi connectivity index (χ4v) is 3.73. The molecule has 2 N–H and O–H groups in total. The van der Waals surface area contributed by atoms with Gasteiger partial charge in [-0.25, -0.2) is 4.79 Å². The Hall–Kier alpha value is -1.61. The van der Waals surface area contributed by atoms with Crippen LogP contribution in [0.4, 0.5) is 5.69 Å². The first-order valence-corrected chi connectivity index (χ1v) is 8.31. The molecule has 118 valence electrons. The third kappa shape index (κ3) is 3.35. The van der Waals surface area contributed by atoms with Gasteiger partial charge in [-0.2, -0.15) is 17.8 Å². The molecular formula is C12H20N4O4S. The molecule has 0 saturated carbocycles. The van der Waals surface area contributed by atoms with E-state index in [-0.39, 0.29) is 11.4 Å². The number of carboxylic acids is 1. The summed E-state index contributed by atoms with van der Waals surface area (Å²) in [5, 5.41) is 13.0. The number of carbonyl (C=O) groups is 1. The van der Waals surface area contributed by atoms with E-state index in [0.717, 1.165) is 25.7 Å². The van der Waals surface area contributed by atoms with Crippen LogP contribution in [-0.2, 0) is 17.3 Å². The van der Waals surface area contributed by atoms with Crippen LogP contribution in [-0.4, -0.2) is 46.7 Å². The summed E-state index contributed by atoms with van der Waals surface area (Å²) in [4.78, 5) is 11.2. The lowest BCUT2D eigenvalue weighted by atomic mass is 10.2. The summed E-state index contributed by atoms with van der Waals surface area (Å²) in [5.41, 5.74) is 0.216. The summed E-state index contributed by atoms with van der Waals surface area (Å²) >= 11 is 0. The molecule has 0 spiro atoms. The number of aromatic nitrogens is 2. The maximum absolute atomic E-state index is 12.4. The molecule has 1 aromatic heterocycles. The molecule has 1 fully saturated rings. The highest BCUT2D eigenvalue weighted by atomic mass is 32.2. The molecule has 9 heteroatoms. The Morgan fingerprint density at radius 3 is 2.33 bits per heavy atom. The Labute approximate surface area is 123 Å². The third-order valence-electron chi connectivity index (χ3n) is 3.67. The zero-order valence-electron chi connectivity index (χ0n) is 12.2. The summed E-state index contributed by atoms with van der Waals surface area (Å²) in [6.45, 7) is 2.54. The van der Waals surface area contributed by atoms with E-state index in [1.807, 2.05) is 0 Å². The van der Waals surface area contributed by atoms with E-state index >= 15 is 0 Å². The normalized spacial score (nSPS) is 17.4. The van der Waals surface area contributed by atoms with Gasteiger partial charge in [-0.05, 0) is 19.8 Å². The van der Waals surface area contributed by atoms with Gasteiger partial charge in [-0.15, -0.1) is 0 Å². The third-order valence-corrected chi connectivity index (χ3v) is 5.18. The maximum Gasteiger partial charge on any atom is 0.358 e. The van der Waals surface area contributed by atoms with Gasteiger partial charge < -0.3 is 5.11 Å². The number of rotatable bonds is 4. The van der Waals surface area contributed by atoms with Crippen LogP contribution in [0.5, 0.6) is 0 Å². The minimum absolute atomic E-state index is 0.0363. The Morgan fingerprint density at radius 2 is 1.81 bits per heavy atom. The van der Waals surface area contributed by atoms with Gasteiger partial charge in [0.25, 0.3) is 0 Å². The minimum Gasteiger partial charge on any atom is -0.476 e. The van der Waals surface area contributed by atoms with Crippen LogP contribution in [0.15, 0.2) is 0 Å². The average molecular weight is 316 g/mol. The van der Waals surface area contributed by atoms with Crippen molar-refractivity contribution < 1.29 is 18.3 Å². The van der Waals surface area contributed by atoms with Crippen LogP contribution < -0.4 is 4.72 Å². The molecule has 21 heavy (non-hydrogen) atoms. The van der Waals surface area contributed by atoms with E-state index < -0.39 is 16.2 Å². The summed E-state index contributed by atoms with van der Waals surface area (Å²) in [6.07, 6.45) is 3.66. The molecule has 0 radical (unpaired) electrons. The van der Waals surface area contributed by atoms with Crippen LogP contribution in [0.3, 0.4) is 0 Å². The second-order valence-corrected chi connectivity index (χ2v) is 6.83. The zero-order valence-corrected chi connectivity index (χ0v) is 13.0. The van der Waals surface area contributed by atoms with Gasteiger partial charge in [0.05, 0.1) is 5.69 Å². The molecule has 0 aliphatic carbocycles. The smallest absolute Gasteiger partial charge is 0.358 e. The predicted octanol–water partition coefficient (Wildman–Crippen LogP) is 0.959. The van der Waals surface area contributed by atoms with Gasteiger partial charge in [-0.1, -0.05) is 12.8 Å². The molecule has 0 aromatic carbocycles. The van der Waals surface area contributed by atoms with E-state index in [1.54, 1.807) is 14.0 Å². The molecule has 1 saturated heterocycles. The molecule has 0 amide bonds. The van der Waals surface area contributed by atoms with Crippen LogP contribution in [0.1, 0.15) is 41.9 Å². The number of nitrogens with one attached hydrogen (secondary N) is 1. The number of nitrogens with zero attached hydrogens (tertiary/aromatic N) is 3. The standard InChI is InChI=1S/C12H20N4O4S/c1-9-10(11(12(17)18)13-15(9)2)14-21(19,20)16-7-5-3-4-6-8-16/h14H,3-8H2,1-2H3,(H,17,18). The van der Waals surface area contributed by atoms with Gasteiger partial charge in [0.2, 0.25) is 0 Å². The summed E-state index contributed by atoms with van der Waals surface area (Å²) in [5.74, 6) is -1.26. The van der Waals surface area contributed by atoms with Gasteiger partial charge in [0.1, 0.15) is 5.69 Å². The first-order valence-electron chi connectivity index (χ1n) is 6.87. The Balaban J connectivity index is 2.30. The quantitative estimate of drug-likeness (QED) is 0.861. The first kappa shape index (κ1) is 15.8. The highest BCUT2D eigenvalue weighted by Crippen LogP contribution is 2.23. The highest BCUT2D eigenvalue weighted by Gasteiger charge is 2.28. The molecule has 0 bridgehead atoms. The van der Waals surface area contributed by atoms with Crippen LogP contribution in [0, 0.1) is 6.92 Å². The fraction of sp³-hybridized carbons (Fsp3) is 0.667. The van der Waals surface area contributed by atoms with Crippen LogP contribution >= 0.6 is 0 Å². The topological polar surface area (TPSA) is 105 Å². The molecular weight excluding hydrogens is 296 g/mol. The number of hydrogen-bond acceptors (Lipinski definition) is 4. The lowest BCUT2D eigenvalue weighted by Crippen LogP contribution is -2.37. The van der Waals surface area contributed by atoms with Gasteiger partial charge in [-0.3, -0.25) is 9.40 Å². The summed E-state index contributed by atoms with van der Waals surface area (Å²) < 4.78 is 30.0. The number of anilines is 1. The van der Waals surface area contributed by atoms with Crippen molar-refractivity contribution in [3.8, 4) is 0 Å². The fourth-order valence-electron chi connectivity index (χ4n) is 2.36. The molecule has 1 aliphatic heterocycles. The molecule has 8 nitrogen and oxygen atoms in total. The predicted molar refractivity (Wildman–Crippen MR) is 77.5 cm³/mol. The van der Waals surface area contributed by atoms with Crippen molar-refractivity contribution in [2.24, 2.45) is 7.05 Å². The van der Waals surface area contributed by atoms with E-state index in [4.69, 9.17) is 5.11 Å². The van der Waals surface area contributed by atoms with Gasteiger partial charge in [0.15, 0.2) is 5.69 Å². The van der Waals surface area contributed by atoms with Gasteiger partial charge in [0, 0.05) is 20.1 Å². The molecule has 1 aliphatic rings. The summed E-state index contributed by atoms with van der Waals surface area (Å²) in [7, 11) is -2.18. The van der Waals surface area contributed by atoms with E-state index in [1.165, 1.54) is 8.99 Å². The van der Waals surface area contributed by atoms with Gasteiger partial charge >= 0.3 is 16.2 Å². The Morgan fingerprint density at radius 1 is 1.24 bits per heavy atom. The minimum atomic E-state index is -3.76. The van der Waals surface area contributed by atoms with Crippen molar-refractivity contribution in [1.29, 1.82) is 0 Å². The van der Waals surface area contributed by atoms with Crippen LogP contribution in [0.2, 0.25) is 0 Å². The molecule has 2 rings (SSSR count). The van der Waals surface area contributed by atoms with Crippen LogP contribution in [0.25, 0.3) is 0 Å². The van der Waals surface area contributed by atoms with E-state index in [9.17, 15) is 13.2 Å².